The average Bonchev–Trinajstić information content (AvgIpc) is 2.97. The first-order valence-electron chi connectivity index (χ1n) is 8.08. The number of piperidine rings is 1. The van der Waals surface area contributed by atoms with Gasteiger partial charge in [0.15, 0.2) is 0 Å². The summed E-state index contributed by atoms with van der Waals surface area (Å²) >= 11 is 0. The summed E-state index contributed by atoms with van der Waals surface area (Å²) in [6, 6.07) is 8.36. The third-order valence-corrected chi connectivity index (χ3v) is 5.27. The number of hydrogen-bond donors (Lipinski definition) is 1. The molecule has 2 atom stereocenters. The number of rotatable bonds is 5. The summed E-state index contributed by atoms with van der Waals surface area (Å²) in [6.07, 6.45) is 1.83. The van der Waals surface area contributed by atoms with Crippen molar-refractivity contribution in [2.24, 2.45) is 17.8 Å². The molecule has 1 saturated heterocycles. The molecule has 2 unspecified atom stereocenters. The number of hydrogen-bond acceptors (Lipinski definition) is 4. The molecule has 1 aliphatic carbocycles. The molecular formula is C18H23N3O. The zero-order valence-electron chi connectivity index (χ0n) is 13.2. The standard InChI is InChI=1S/C18H23N3O/c1-21(11-16-14-8-19-9-15(14)16)10-12-5-6-17(22-2)18-13(12)4-3-7-20-18/h3-7,14-16,19H,8-11H2,1-2H3. The molecule has 4 rings (SSSR count). The maximum Gasteiger partial charge on any atom is 0.145 e. The predicted octanol–water partition coefficient (Wildman–Crippen LogP) is 2.14. The van der Waals surface area contributed by atoms with Gasteiger partial charge in [-0.05, 0) is 55.6 Å². The number of fused-ring (bicyclic) bond motifs is 2. The fourth-order valence-electron chi connectivity index (χ4n) is 4.04. The lowest BCUT2D eigenvalue weighted by Crippen LogP contribution is -2.25. The Morgan fingerprint density at radius 1 is 1.27 bits per heavy atom. The summed E-state index contributed by atoms with van der Waals surface area (Å²) in [4.78, 5) is 6.94. The van der Waals surface area contributed by atoms with Gasteiger partial charge in [0.05, 0.1) is 7.11 Å². The lowest BCUT2D eigenvalue weighted by atomic mass is 10.1. The molecule has 1 N–H and O–H groups in total. The van der Waals surface area contributed by atoms with Gasteiger partial charge >= 0.3 is 0 Å². The van der Waals surface area contributed by atoms with Crippen LogP contribution in [-0.2, 0) is 6.54 Å². The second-order valence-electron chi connectivity index (χ2n) is 6.67. The molecule has 2 heterocycles. The molecule has 2 aliphatic rings. The summed E-state index contributed by atoms with van der Waals surface area (Å²) in [5.74, 6) is 3.60. The van der Waals surface area contributed by atoms with E-state index in [0.717, 1.165) is 35.6 Å². The molecule has 1 aromatic heterocycles. The van der Waals surface area contributed by atoms with Crippen molar-refractivity contribution in [1.82, 2.24) is 15.2 Å². The minimum atomic E-state index is 0.852. The van der Waals surface area contributed by atoms with Gasteiger partial charge in [-0.3, -0.25) is 4.98 Å². The maximum absolute atomic E-state index is 5.43. The molecule has 4 heteroatoms. The number of ether oxygens (including phenoxy) is 1. The van der Waals surface area contributed by atoms with Crippen molar-refractivity contribution < 1.29 is 4.74 Å². The summed E-state index contributed by atoms with van der Waals surface area (Å²) in [7, 11) is 3.93. The Bertz CT molecular complexity index is 677. The Kier molecular flexibility index (Phi) is 3.51. The maximum atomic E-state index is 5.43. The van der Waals surface area contributed by atoms with Crippen molar-refractivity contribution in [1.29, 1.82) is 0 Å². The number of aromatic nitrogens is 1. The highest BCUT2D eigenvalue weighted by Crippen LogP contribution is 2.48. The normalized spacial score (nSPS) is 26.4. The Morgan fingerprint density at radius 2 is 2.09 bits per heavy atom. The molecular weight excluding hydrogens is 274 g/mol. The number of benzene rings is 1. The average molecular weight is 297 g/mol. The lowest BCUT2D eigenvalue weighted by molar-refractivity contribution is 0.297. The number of pyridine rings is 1. The number of methoxy groups -OCH3 is 1. The van der Waals surface area contributed by atoms with Crippen molar-refractivity contribution in [2.75, 3.05) is 33.8 Å². The van der Waals surface area contributed by atoms with E-state index < -0.39 is 0 Å². The van der Waals surface area contributed by atoms with Crippen LogP contribution in [0, 0.1) is 17.8 Å². The van der Waals surface area contributed by atoms with Crippen molar-refractivity contribution in [3.05, 3.63) is 36.0 Å². The summed E-state index contributed by atoms with van der Waals surface area (Å²) in [6.45, 7) is 4.61. The fraction of sp³-hybridized carbons (Fsp3) is 0.500. The minimum Gasteiger partial charge on any atom is -0.494 e. The van der Waals surface area contributed by atoms with Gasteiger partial charge in [0.25, 0.3) is 0 Å². The van der Waals surface area contributed by atoms with E-state index in [0.29, 0.717) is 0 Å². The molecule has 116 valence electrons. The monoisotopic (exact) mass is 297 g/mol. The highest BCUT2D eigenvalue weighted by molar-refractivity contribution is 5.87. The largest absolute Gasteiger partial charge is 0.494 e. The topological polar surface area (TPSA) is 37.4 Å². The Labute approximate surface area is 131 Å². The van der Waals surface area contributed by atoms with Crippen LogP contribution >= 0.6 is 0 Å². The highest BCUT2D eigenvalue weighted by atomic mass is 16.5. The van der Waals surface area contributed by atoms with Crippen molar-refractivity contribution in [2.45, 2.75) is 6.54 Å². The van der Waals surface area contributed by atoms with Gasteiger partial charge < -0.3 is 15.0 Å². The van der Waals surface area contributed by atoms with Crippen LogP contribution in [0.4, 0.5) is 0 Å². The van der Waals surface area contributed by atoms with Crippen LogP contribution in [0.15, 0.2) is 30.5 Å². The molecule has 0 radical (unpaired) electrons. The van der Waals surface area contributed by atoms with E-state index in [1.165, 1.54) is 30.6 Å². The first kappa shape index (κ1) is 14.0. The molecule has 4 nitrogen and oxygen atoms in total. The summed E-state index contributed by atoms with van der Waals surface area (Å²) in [5, 5.41) is 4.67. The summed E-state index contributed by atoms with van der Waals surface area (Å²) < 4.78 is 5.43. The van der Waals surface area contributed by atoms with Crippen molar-refractivity contribution >= 4 is 10.9 Å². The Balaban J connectivity index is 1.51. The molecule has 0 spiro atoms. The van der Waals surface area contributed by atoms with Crippen LogP contribution in [0.5, 0.6) is 5.75 Å². The number of nitrogens with zero attached hydrogens (tertiary/aromatic N) is 2. The SMILES string of the molecule is COc1ccc(CN(C)CC2C3CNCC32)c2cccnc12. The third kappa shape index (κ3) is 2.36. The second kappa shape index (κ2) is 5.52. The van der Waals surface area contributed by atoms with E-state index in [-0.39, 0.29) is 0 Å². The van der Waals surface area contributed by atoms with E-state index in [2.05, 4.69) is 34.4 Å². The van der Waals surface area contributed by atoms with Gasteiger partial charge in [-0.25, -0.2) is 0 Å². The minimum absolute atomic E-state index is 0.852. The van der Waals surface area contributed by atoms with E-state index in [1.54, 1.807) is 7.11 Å². The first-order valence-corrected chi connectivity index (χ1v) is 8.08. The zero-order valence-corrected chi connectivity index (χ0v) is 13.2. The quantitative estimate of drug-likeness (QED) is 0.917. The van der Waals surface area contributed by atoms with E-state index >= 15 is 0 Å². The van der Waals surface area contributed by atoms with Crippen LogP contribution in [0.25, 0.3) is 10.9 Å². The van der Waals surface area contributed by atoms with Gasteiger partial charge in [0.1, 0.15) is 11.3 Å². The first-order chi connectivity index (χ1) is 10.8. The van der Waals surface area contributed by atoms with Crippen LogP contribution in [0.3, 0.4) is 0 Å². The van der Waals surface area contributed by atoms with Gasteiger partial charge in [-0.2, -0.15) is 0 Å². The highest BCUT2D eigenvalue weighted by Gasteiger charge is 2.52. The molecule has 0 bridgehead atoms. The van der Waals surface area contributed by atoms with E-state index in [4.69, 9.17) is 4.74 Å². The van der Waals surface area contributed by atoms with Gasteiger partial charge in [0.2, 0.25) is 0 Å². The zero-order chi connectivity index (χ0) is 15.1. The Hall–Kier alpha value is -1.65. The van der Waals surface area contributed by atoms with Crippen molar-refractivity contribution in [3.8, 4) is 5.75 Å². The summed E-state index contributed by atoms with van der Waals surface area (Å²) in [5.41, 5.74) is 2.29. The lowest BCUT2D eigenvalue weighted by Gasteiger charge is -2.19. The number of nitrogens with one attached hydrogen (secondary N) is 1. The van der Waals surface area contributed by atoms with Crippen LogP contribution in [0.1, 0.15) is 5.56 Å². The second-order valence-corrected chi connectivity index (χ2v) is 6.67. The van der Waals surface area contributed by atoms with Crippen LogP contribution in [0.2, 0.25) is 0 Å². The van der Waals surface area contributed by atoms with Gasteiger partial charge in [-0.15, -0.1) is 0 Å². The molecule has 1 aliphatic heterocycles. The molecule has 2 aromatic rings. The molecule has 0 amide bonds. The molecule has 2 fully saturated rings. The molecule has 1 aromatic carbocycles. The van der Waals surface area contributed by atoms with Gasteiger partial charge in [-0.1, -0.05) is 12.1 Å². The smallest absolute Gasteiger partial charge is 0.145 e. The van der Waals surface area contributed by atoms with Crippen LogP contribution < -0.4 is 10.1 Å². The van der Waals surface area contributed by atoms with Crippen LogP contribution in [-0.4, -0.2) is 43.7 Å². The van der Waals surface area contributed by atoms with Gasteiger partial charge in [0, 0.05) is 24.7 Å². The predicted molar refractivity (Wildman–Crippen MR) is 88.0 cm³/mol. The van der Waals surface area contributed by atoms with E-state index in [9.17, 15) is 0 Å². The third-order valence-electron chi connectivity index (χ3n) is 5.27. The molecule has 1 saturated carbocycles. The van der Waals surface area contributed by atoms with E-state index in [1.807, 2.05) is 18.3 Å². The fourth-order valence-corrected chi connectivity index (χ4v) is 4.04. The Morgan fingerprint density at radius 3 is 2.86 bits per heavy atom. The van der Waals surface area contributed by atoms with Crippen molar-refractivity contribution in [3.63, 3.8) is 0 Å². The molecule has 22 heavy (non-hydrogen) atoms.